The summed E-state index contributed by atoms with van der Waals surface area (Å²) in [6.45, 7) is 41.3. The first-order valence-corrected chi connectivity index (χ1v) is 21.1. The fraction of sp³-hybridized carbons (Fsp3) is 0.660. The zero-order valence-corrected chi connectivity index (χ0v) is 37.0. The second kappa shape index (κ2) is 21.8. The van der Waals surface area contributed by atoms with Crippen LogP contribution in [0.4, 0.5) is 0 Å². The number of likely N-dealkylation sites (tertiary alicyclic amines) is 1. The van der Waals surface area contributed by atoms with Gasteiger partial charge in [0.05, 0.1) is 17.9 Å². The van der Waals surface area contributed by atoms with E-state index in [0.717, 1.165) is 69.7 Å². The lowest BCUT2D eigenvalue weighted by molar-refractivity contribution is -0.126. The Morgan fingerprint density at radius 2 is 1.51 bits per heavy atom. The van der Waals surface area contributed by atoms with Crippen LogP contribution in [0, 0.1) is 28.6 Å². The molecular weight excluding hydrogens is 681 g/mol. The van der Waals surface area contributed by atoms with E-state index < -0.39 is 0 Å². The second-order valence-corrected chi connectivity index (χ2v) is 17.5. The highest BCUT2D eigenvalue weighted by atomic mass is 16.2. The molecule has 8 nitrogen and oxygen atoms in total. The molecule has 4 rings (SSSR count). The number of fused-ring (bicyclic) bond motifs is 2. The molecule has 2 fully saturated rings. The number of unbranched alkanes of at least 4 members (excludes halogenated alkanes) is 1. The van der Waals surface area contributed by atoms with Gasteiger partial charge in [-0.1, -0.05) is 131 Å². The second-order valence-electron chi connectivity index (χ2n) is 17.5. The van der Waals surface area contributed by atoms with Crippen molar-refractivity contribution in [1.29, 1.82) is 0 Å². The number of nitrogens with zero attached hydrogens (tertiary/aromatic N) is 1. The van der Waals surface area contributed by atoms with Crippen molar-refractivity contribution in [3.8, 4) is 0 Å². The summed E-state index contributed by atoms with van der Waals surface area (Å²) in [5, 5.41) is 17.0. The van der Waals surface area contributed by atoms with Crippen LogP contribution in [0.25, 0.3) is 0 Å². The standard InChI is InChI=1S/C42H65N5O2.C3H9N.C2H6/c1-13-14-19-35(27(3)29(5)48)46-40(49)39-37-34(42(37,10)11)25-47(39)28(4)38(33-22-31-17-15-16-18-32(31)23-33)45-30(6)44-36(41(7,8)9)21-20-26(2)24-43-12;1-3-4-2;1-2/h15-18,33-39,43-45H,2-4,6,13-14,19-25H2,1,5,7-12H3,(H,46,49);4H,3H2,1-2H3;1-2H3/t34-,35?,36?,37-,38?,39?;;/m0../s1. The van der Waals surface area contributed by atoms with Crippen LogP contribution >= 0.6 is 0 Å². The number of amides is 1. The van der Waals surface area contributed by atoms with Crippen molar-refractivity contribution >= 4 is 11.7 Å². The molecule has 1 amide bonds. The van der Waals surface area contributed by atoms with Crippen molar-refractivity contribution in [3.05, 3.63) is 84.4 Å². The number of Topliss-reactive ketones (excluding diaryl/α,β-unsaturated/α-hetero) is 1. The van der Waals surface area contributed by atoms with Crippen molar-refractivity contribution < 1.29 is 9.59 Å². The molecule has 0 spiro atoms. The van der Waals surface area contributed by atoms with Crippen LogP contribution in [0.5, 0.6) is 0 Å². The maximum atomic E-state index is 14.4. The van der Waals surface area contributed by atoms with Crippen LogP contribution in [-0.2, 0) is 22.4 Å². The van der Waals surface area contributed by atoms with E-state index in [1.807, 2.05) is 27.9 Å². The highest BCUT2D eigenvalue weighted by Crippen LogP contribution is 2.65. The zero-order chi connectivity index (χ0) is 41.7. The predicted molar refractivity (Wildman–Crippen MR) is 235 cm³/mol. The SMILES string of the molecule is C=C(CCC(NC(=C)NC(C(=C)N1C[C@H]2[C@@H](C1C(=O)NC(CCCC)C(=C)C(C)=O)C2(C)C)C1Cc2ccccc2C1)C(C)(C)C)CNC.CC.CCNC. The normalized spacial score (nSPS) is 20.9. The van der Waals surface area contributed by atoms with Crippen LogP contribution in [-0.4, -0.2) is 74.5 Å². The van der Waals surface area contributed by atoms with Gasteiger partial charge in [0.2, 0.25) is 5.91 Å². The van der Waals surface area contributed by atoms with E-state index in [1.54, 1.807) is 0 Å². The van der Waals surface area contributed by atoms with Crippen LogP contribution in [0.1, 0.15) is 112 Å². The van der Waals surface area contributed by atoms with Gasteiger partial charge < -0.3 is 31.5 Å². The Balaban J connectivity index is 0.00000163. The third kappa shape index (κ3) is 12.8. The van der Waals surface area contributed by atoms with Gasteiger partial charge in [-0.05, 0) is 99.4 Å². The van der Waals surface area contributed by atoms with Crippen molar-refractivity contribution in [2.75, 3.05) is 33.7 Å². The number of carbonyl (C=O) groups excluding carboxylic acids is 2. The van der Waals surface area contributed by atoms with Crippen LogP contribution < -0.4 is 26.6 Å². The molecule has 4 unspecified atom stereocenters. The van der Waals surface area contributed by atoms with E-state index >= 15 is 0 Å². The smallest absolute Gasteiger partial charge is 0.243 e. The van der Waals surface area contributed by atoms with Gasteiger partial charge in [0, 0.05) is 30.4 Å². The molecule has 5 N–H and O–H groups in total. The van der Waals surface area contributed by atoms with E-state index in [0.29, 0.717) is 17.9 Å². The third-order valence-corrected chi connectivity index (χ3v) is 12.1. The van der Waals surface area contributed by atoms with Crippen LogP contribution in [0.15, 0.2) is 73.2 Å². The quantitative estimate of drug-likeness (QED) is 0.0681. The van der Waals surface area contributed by atoms with Gasteiger partial charge in [0.1, 0.15) is 6.04 Å². The third-order valence-electron chi connectivity index (χ3n) is 12.1. The Labute approximate surface area is 336 Å². The highest BCUT2D eigenvalue weighted by molar-refractivity contribution is 5.95. The van der Waals surface area contributed by atoms with Crippen molar-refractivity contribution in [1.82, 2.24) is 31.5 Å². The van der Waals surface area contributed by atoms with Gasteiger partial charge in [0.25, 0.3) is 0 Å². The first-order chi connectivity index (χ1) is 25.9. The summed E-state index contributed by atoms with van der Waals surface area (Å²) in [7, 11) is 3.89. The molecule has 1 heterocycles. The summed E-state index contributed by atoms with van der Waals surface area (Å²) in [4.78, 5) is 29.0. The largest absolute Gasteiger partial charge is 0.369 e. The number of hydrogen-bond donors (Lipinski definition) is 5. The van der Waals surface area contributed by atoms with Gasteiger partial charge in [0.15, 0.2) is 5.78 Å². The minimum atomic E-state index is -0.360. The summed E-state index contributed by atoms with van der Waals surface area (Å²) >= 11 is 0. The molecule has 310 valence electrons. The summed E-state index contributed by atoms with van der Waals surface area (Å²) in [5.74, 6) is 1.57. The molecule has 1 saturated carbocycles. The molecule has 3 aliphatic rings. The number of nitrogens with one attached hydrogen (secondary N) is 5. The maximum absolute atomic E-state index is 14.4. The highest BCUT2D eigenvalue weighted by Gasteiger charge is 2.69. The number of carbonyl (C=O) groups is 2. The lowest BCUT2D eigenvalue weighted by atomic mass is 9.83. The average Bonchev–Trinajstić information content (AvgIpc) is 3.50. The minimum absolute atomic E-state index is 0.00380. The van der Waals surface area contributed by atoms with Gasteiger partial charge >= 0.3 is 0 Å². The van der Waals surface area contributed by atoms with Gasteiger partial charge in [-0.15, -0.1) is 0 Å². The fourth-order valence-corrected chi connectivity index (χ4v) is 8.46. The average molecular weight is 761 g/mol. The van der Waals surface area contributed by atoms with E-state index in [9.17, 15) is 9.59 Å². The molecule has 0 radical (unpaired) electrons. The Morgan fingerprint density at radius 3 is 2.00 bits per heavy atom. The number of hydrogen-bond acceptors (Lipinski definition) is 7. The zero-order valence-electron chi connectivity index (χ0n) is 37.0. The number of benzene rings is 1. The summed E-state index contributed by atoms with van der Waals surface area (Å²) in [6.07, 6.45) is 6.35. The predicted octanol–water partition coefficient (Wildman–Crippen LogP) is 7.93. The number of rotatable bonds is 20. The Hall–Kier alpha value is -3.36. The maximum Gasteiger partial charge on any atom is 0.243 e. The molecule has 1 aliphatic heterocycles. The van der Waals surface area contributed by atoms with E-state index in [1.165, 1.54) is 23.6 Å². The number of likely N-dealkylation sites (N-methyl/N-ethyl adjacent to an activating group) is 1. The molecule has 55 heavy (non-hydrogen) atoms. The summed E-state index contributed by atoms with van der Waals surface area (Å²) < 4.78 is 0. The van der Waals surface area contributed by atoms with E-state index in [-0.39, 0.29) is 58.5 Å². The summed E-state index contributed by atoms with van der Waals surface area (Å²) in [6, 6.07) is 8.06. The molecular formula is C47H80N6O2. The summed E-state index contributed by atoms with van der Waals surface area (Å²) in [5.41, 5.74) is 5.44. The lowest BCUT2D eigenvalue weighted by Crippen LogP contribution is -2.54. The fourth-order valence-electron chi connectivity index (χ4n) is 8.46. The molecule has 1 aromatic rings. The monoisotopic (exact) mass is 761 g/mol. The lowest BCUT2D eigenvalue weighted by Gasteiger charge is -2.40. The molecule has 0 aromatic heterocycles. The number of piperidine rings is 1. The molecule has 8 heteroatoms. The van der Waals surface area contributed by atoms with Gasteiger partial charge in [-0.3, -0.25) is 9.59 Å². The van der Waals surface area contributed by atoms with Crippen LogP contribution in [0.2, 0.25) is 0 Å². The molecule has 6 atom stereocenters. The van der Waals surface area contributed by atoms with Crippen LogP contribution in [0.3, 0.4) is 0 Å². The van der Waals surface area contributed by atoms with Crippen molar-refractivity contribution in [3.63, 3.8) is 0 Å². The first kappa shape index (κ1) is 47.8. The van der Waals surface area contributed by atoms with E-state index in [2.05, 4.69) is 124 Å². The van der Waals surface area contributed by atoms with Crippen molar-refractivity contribution in [2.45, 2.75) is 138 Å². The van der Waals surface area contributed by atoms with E-state index in [4.69, 9.17) is 6.58 Å². The number of ketones is 1. The molecule has 1 saturated heterocycles. The minimum Gasteiger partial charge on any atom is -0.369 e. The molecule has 2 aliphatic carbocycles. The Morgan fingerprint density at radius 1 is 0.927 bits per heavy atom. The molecule has 1 aromatic carbocycles. The van der Waals surface area contributed by atoms with Crippen molar-refractivity contribution in [2.24, 2.45) is 28.6 Å². The first-order valence-electron chi connectivity index (χ1n) is 21.1. The Kier molecular flexibility index (Phi) is 19.0. The van der Waals surface area contributed by atoms with Gasteiger partial charge in [-0.2, -0.15) is 0 Å². The topological polar surface area (TPSA) is 97.5 Å². The van der Waals surface area contributed by atoms with Gasteiger partial charge in [-0.25, -0.2) is 0 Å². The molecule has 0 bridgehead atoms. The Bertz CT molecular complexity index is 1430.